The van der Waals surface area contributed by atoms with Crippen LogP contribution in [0.4, 0.5) is 0 Å². The molecule has 1 aromatic carbocycles. The molecule has 21 heavy (non-hydrogen) atoms. The normalized spacial score (nSPS) is 30.1. The van der Waals surface area contributed by atoms with Crippen LogP contribution in [0.15, 0.2) is 24.3 Å². The first-order valence-electron chi connectivity index (χ1n) is 8.72. The summed E-state index contributed by atoms with van der Waals surface area (Å²) in [5.41, 5.74) is 3.17. The van der Waals surface area contributed by atoms with E-state index in [1.165, 1.54) is 32.1 Å². The molecule has 4 unspecified atom stereocenters. The Morgan fingerprint density at radius 3 is 2.90 bits per heavy atom. The molecule has 0 bridgehead atoms. The van der Waals surface area contributed by atoms with Crippen molar-refractivity contribution in [3.05, 3.63) is 35.4 Å². The van der Waals surface area contributed by atoms with Crippen molar-refractivity contribution in [3.8, 4) is 0 Å². The maximum atomic E-state index is 6.05. The molecule has 1 heterocycles. The van der Waals surface area contributed by atoms with Gasteiger partial charge in [0.15, 0.2) is 0 Å². The van der Waals surface area contributed by atoms with Gasteiger partial charge in [-0.15, -0.1) is 0 Å². The average Bonchev–Trinajstić information content (AvgIpc) is 2.93. The molecule has 1 aliphatic carbocycles. The second kappa shape index (κ2) is 6.93. The molecular weight excluding hydrogens is 258 g/mol. The number of nitrogens with one attached hydrogen (secondary N) is 1. The highest BCUT2D eigenvalue weighted by Crippen LogP contribution is 2.36. The zero-order chi connectivity index (χ0) is 14.7. The molecular formula is C19H29NO. The molecule has 3 rings (SSSR count). The lowest BCUT2D eigenvalue weighted by molar-refractivity contribution is 0.0558. The van der Waals surface area contributed by atoms with Crippen molar-refractivity contribution in [1.82, 2.24) is 5.32 Å². The first-order valence-corrected chi connectivity index (χ1v) is 8.72. The minimum Gasteiger partial charge on any atom is -0.376 e. The molecule has 0 radical (unpaired) electrons. The Labute approximate surface area is 129 Å². The second-order valence-corrected chi connectivity index (χ2v) is 6.79. The predicted octanol–water partition coefficient (Wildman–Crippen LogP) is 3.90. The molecule has 1 fully saturated rings. The van der Waals surface area contributed by atoms with E-state index in [4.69, 9.17) is 4.74 Å². The SMILES string of the molecule is CCNC(CC1CCCc2ccccc21)C1OCCC1C. The molecule has 0 aromatic heterocycles. The molecule has 0 spiro atoms. The Bertz CT molecular complexity index is 459. The van der Waals surface area contributed by atoms with Crippen LogP contribution in [-0.2, 0) is 11.2 Å². The van der Waals surface area contributed by atoms with E-state index in [1.54, 1.807) is 11.1 Å². The largest absolute Gasteiger partial charge is 0.376 e. The standard InChI is InChI=1S/C19H29NO/c1-3-20-18(19-14(2)11-12-21-19)13-16-9-6-8-15-7-4-5-10-17(15)16/h4-5,7,10,14,16,18-20H,3,6,8-9,11-13H2,1-2H3. The van der Waals surface area contributed by atoms with Crippen LogP contribution in [0.25, 0.3) is 0 Å². The Morgan fingerprint density at radius 2 is 2.14 bits per heavy atom. The summed E-state index contributed by atoms with van der Waals surface area (Å²) in [5, 5.41) is 3.71. The lowest BCUT2D eigenvalue weighted by Gasteiger charge is -2.33. The number of aryl methyl sites for hydroxylation is 1. The first kappa shape index (κ1) is 15.1. The number of hydrogen-bond donors (Lipinski definition) is 1. The van der Waals surface area contributed by atoms with Gasteiger partial charge in [-0.1, -0.05) is 38.1 Å². The van der Waals surface area contributed by atoms with Gasteiger partial charge in [-0.05, 0) is 61.6 Å². The van der Waals surface area contributed by atoms with Crippen molar-refractivity contribution in [2.24, 2.45) is 5.92 Å². The fraction of sp³-hybridized carbons (Fsp3) is 0.684. The van der Waals surface area contributed by atoms with Crippen LogP contribution in [0.3, 0.4) is 0 Å². The lowest BCUT2D eigenvalue weighted by Crippen LogP contribution is -2.43. The Balaban J connectivity index is 1.74. The number of fused-ring (bicyclic) bond motifs is 1. The number of ether oxygens (including phenoxy) is 1. The van der Waals surface area contributed by atoms with Gasteiger partial charge in [0.1, 0.15) is 0 Å². The van der Waals surface area contributed by atoms with Crippen molar-refractivity contribution in [2.45, 2.75) is 64.0 Å². The fourth-order valence-corrected chi connectivity index (χ4v) is 4.23. The number of hydrogen-bond acceptors (Lipinski definition) is 2. The summed E-state index contributed by atoms with van der Waals surface area (Å²) >= 11 is 0. The molecule has 4 atom stereocenters. The molecule has 1 saturated heterocycles. The quantitative estimate of drug-likeness (QED) is 0.887. The van der Waals surface area contributed by atoms with Gasteiger partial charge >= 0.3 is 0 Å². The van der Waals surface area contributed by atoms with Crippen LogP contribution in [-0.4, -0.2) is 25.3 Å². The minimum absolute atomic E-state index is 0.402. The highest BCUT2D eigenvalue weighted by Gasteiger charge is 2.34. The number of benzene rings is 1. The van der Waals surface area contributed by atoms with Gasteiger partial charge in [0.25, 0.3) is 0 Å². The zero-order valence-electron chi connectivity index (χ0n) is 13.5. The van der Waals surface area contributed by atoms with Gasteiger partial charge in [0, 0.05) is 12.6 Å². The maximum absolute atomic E-state index is 6.05. The third-order valence-electron chi connectivity index (χ3n) is 5.34. The topological polar surface area (TPSA) is 21.3 Å². The summed E-state index contributed by atoms with van der Waals surface area (Å²) < 4.78 is 6.05. The minimum atomic E-state index is 0.402. The highest BCUT2D eigenvalue weighted by atomic mass is 16.5. The van der Waals surface area contributed by atoms with Gasteiger partial charge in [-0.3, -0.25) is 0 Å². The van der Waals surface area contributed by atoms with Gasteiger partial charge in [-0.25, -0.2) is 0 Å². The van der Waals surface area contributed by atoms with Crippen molar-refractivity contribution >= 4 is 0 Å². The van der Waals surface area contributed by atoms with Crippen LogP contribution in [0.1, 0.15) is 56.6 Å². The van der Waals surface area contributed by atoms with Gasteiger partial charge in [0.05, 0.1) is 6.10 Å². The molecule has 2 heteroatoms. The van der Waals surface area contributed by atoms with Crippen LogP contribution >= 0.6 is 0 Å². The lowest BCUT2D eigenvalue weighted by atomic mass is 9.78. The zero-order valence-corrected chi connectivity index (χ0v) is 13.5. The van der Waals surface area contributed by atoms with E-state index in [0.717, 1.165) is 13.2 Å². The van der Waals surface area contributed by atoms with Crippen molar-refractivity contribution in [3.63, 3.8) is 0 Å². The van der Waals surface area contributed by atoms with Crippen LogP contribution in [0.2, 0.25) is 0 Å². The average molecular weight is 287 g/mol. The van der Waals surface area contributed by atoms with Crippen LogP contribution < -0.4 is 5.32 Å². The third kappa shape index (κ3) is 3.32. The summed E-state index contributed by atoms with van der Waals surface area (Å²) in [7, 11) is 0. The number of rotatable bonds is 5. The first-order chi connectivity index (χ1) is 10.3. The fourth-order valence-electron chi connectivity index (χ4n) is 4.23. The highest BCUT2D eigenvalue weighted by molar-refractivity contribution is 5.32. The summed E-state index contributed by atoms with van der Waals surface area (Å²) in [6.07, 6.45) is 6.77. The summed E-state index contributed by atoms with van der Waals surface area (Å²) in [5.74, 6) is 1.39. The van der Waals surface area contributed by atoms with E-state index in [0.29, 0.717) is 24.0 Å². The summed E-state index contributed by atoms with van der Waals surface area (Å²) in [6, 6.07) is 9.56. The van der Waals surface area contributed by atoms with Crippen molar-refractivity contribution < 1.29 is 4.74 Å². The van der Waals surface area contributed by atoms with E-state index >= 15 is 0 Å². The number of likely N-dealkylation sites (N-methyl/N-ethyl adjacent to an activating group) is 1. The molecule has 0 amide bonds. The van der Waals surface area contributed by atoms with Crippen molar-refractivity contribution in [2.75, 3.05) is 13.2 Å². The predicted molar refractivity (Wildman–Crippen MR) is 87.7 cm³/mol. The van der Waals surface area contributed by atoms with Crippen LogP contribution in [0, 0.1) is 5.92 Å². The van der Waals surface area contributed by atoms with Gasteiger partial charge in [0.2, 0.25) is 0 Å². The third-order valence-corrected chi connectivity index (χ3v) is 5.34. The Kier molecular flexibility index (Phi) is 4.97. The van der Waals surface area contributed by atoms with Gasteiger partial charge < -0.3 is 10.1 Å². The summed E-state index contributed by atoms with van der Waals surface area (Å²) in [4.78, 5) is 0. The second-order valence-electron chi connectivity index (χ2n) is 6.79. The monoisotopic (exact) mass is 287 g/mol. The summed E-state index contributed by atoms with van der Waals surface area (Å²) in [6.45, 7) is 6.53. The smallest absolute Gasteiger partial charge is 0.0754 e. The van der Waals surface area contributed by atoms with E-state index in [1.807, 2.05) is 0 Å². The molecule has 1 aromatic rings. The molecule has 116 valence electrons. The Morgan fingerprint density at radius 1 is 1.29 bits per heavy atom. The van der Waals surface area contributed by atoms with Crippen molar-refractivity contribution in [1.29, 1.82) is 0 Å². The molecule has 1 N–H and O–H groups in total. The van der Waals surface area contributed by atoms with Gasteiger partial charge in [-0.2, -0.15) is 0 Å². The van der Waals surface area contributed by atoms with E-state index in [-0.39, 0.29) is 0 Å². The molecule has 2 nitrogen and oxygen atoms in total. The van der Waals surface area contributed by atoms with E-state index in [2.05, 4.69) is 43.4 Å². The van der Waals surface area contributed by atoms with E-state index < -0.39 is 0 Å². The van der Waals surface area contributed by atoms with E-state index in [9.17, 15) is 0 Å². The Hall–Kier alpha value is -0.860. The molecule has 0 saturated carbocycles. The molecule has 2 aliphatic rings. The maximum Gasteiger partial charge on any atom is 0.0754 e. The van der Waals surface area contributed by atoms with Crippen LogP contribution in [0.5, 0.6) is 0 Å². The molecule has 1 aliphatic heterocycles.